The zero-order valence-electron chi connectivity index (χ0n) is 55.7. The molecule has 97 heavy (non-hydrogen) atoms. The van der Waals surface area contributed by atoms with Crippen LogP contribution in [-0.2, 0) is 10.8 Å². The Bertz CT molecular complexity index is 5380. The number of hydrogen-bond donors (Lipinski definition) is 0. The quantitative estimate of drug-likeness (QED) is 0.0995. The van der Waals surface area contributed by atoms with Crippen molar-refractivity contribution < 1.29 is 0 Å². The van der Waals surface area contributed by atoms with E-state index in [2.05, 4.69) is 385 Å². The average molecular weight is 1240 g/mol. The summed E-state index contributed by atoms with van der Waals surface area (Å²) in [4.78, 5) is 5.35. The second kappa shape index (κ2) is 23.7. The molecule has 17 rings (SSSR count). The van der Waals surface area contributed by atoms with Crippen LogP contribution in [0.1, 0.15) is 52.7 Å². The van der Waals surface area contributed by atoms with Crippen molar-refractivity contribution in [1.82, 2.24) is 0 Å². The highest BCUT2D eigenvalue weighted by Crippen LogP contribution is 2.55. The summed E-state index contributed by atoms with van der Waals surface area (Å²) in [6, 6.07) is 126. The van der Waals surface area contributed by atoms with Gasteiger partial charge in [0.2, 0.25) is 0 Å². The van der Waals surface area contributed by atoms with Crippen LogP contribution in [0.5, 0.6) is 0 Å². The highest BCUT2D eigenvalue weighted by atomic mass is 15.2. The molecule has 0 spiro atoms. The van der Waals surface area contributed by atoms with Gasteiger partial charge < -0.3 is 9.80 Å². The Hall–Kier alpha value is -11.5. The van der Waals surface area contributed by atoms with Gasteiger partial charge in [0.05, 0.1) is 11.4 Å². The van der Waals surface area contributed by atoms with Gasteiger partial charge in [0.25, 0.3) is 6.71 Å². The number of anilines is 6. The second-order valence-corrected chi connectivity index (χ2v) is 28.3. The van der Waals surface area contributed by atoms with Gasteiger partial charge in [-0.15, -0.1) is 0 Å². The SMILES string of the molecule is CC(C)(C)c1cc(-c2ccccc2)c(N2c3cc(-c4ccccc4)ccc3B3c4ccc(-c5ccc6c(-c7ccccc7)c7ccccc7c(-c7ccccc7)c6c5)cc4N(c4c(-c5ccccc5)cc(C(C)(C)C)cc4-c4ccccc4)c4cccc2c43)c(-c2ccccc2)c1. The molecule has 0 bridgehead atoms. The molecule has 0 N–H and O–H groups in total. The first kappa shape index (κ1) is 59.2. The minimum absolute atomic E-state index is 0.155. The van der Waals surface area contributed by atoms with Crippen molar-refractivity contribution in [3.05, 3.63) is 345 Å². The van der Waals surface area contributed by atoms with Crippen molar-refractivity contribution in [3.8, 4) is 89.0 Å². The minimum Gasteiger partial charge on any atom is -0.310 e. The van der Waals surface area contributed by atoms with Crippen LogP contribution >= 0.6 is 0 Å². The number of fused-ring (bicyclic) bond motifs is 6. The molecule has 0 saturated carbocycles. The van der Waals surface area contributed by atoms with E-state index in [1.165, 1.54) is 116 Å². The molecule has 0 aromatic heterocycles. The molecule has 0 aliphatic carbocycles. The van der Waals surface area contributed by atoms with Crippen molar-refractivity contribution in [2.45, 2.75) is 52.4 Å². The van der Waals surface area contributed by atoms with E-state index in [9.17, 15) is 0 Å². The van der Waals surface area contributed by atoms with Gasteiger partial charge in [0.15, 0.2) is 0 Å². The fourth-order valence-electron chi connectivity index (χ4n) is 15.6. The lowest BCUT2D eigenvalue weighted by Crippen LogP contribution is -2.61. The average Bonchev–Trinajstić information content (AvgIpc) is 0.693. The molecule has 2 heterocycles. The summed E-state index contributed by atoms with van der Waals surface area (Å²) in [5, 5.41) is 4.92. The van der Waals surface area contributed by atoms with E-state index in [0.717, 1.165) is 56.4 Å². The summed E-state index contributed by atoms with van der Waals surface area (Å²) in [6.07, 6.45) is 0. The minimum atomic E-state index is -0.174. The summed E-state index contributed by atoms with van der Waals surface area (Å²) in [5.74, 6) is 0. The van der Waals surface area contributed by atoms with Crippen LogP contribution in [0.25, 0.3) is 111 Å². The van der Waals surface area contributed by atoms with Crippen molar-refractivity contribution in [3.63, 3.8) is 0 Å². The third-order valence-electron chi connectivity index (χ3n) is 20.3. The molecule has 462 valence electrons. The van der Waals surface area contributed by atoms with Crippen LogP contribution in [0.2, 0.25) is 0 Å². The Labute approximate surface area is 571 Å². The van der Waals surface area contributed by atoms with Gasteiger partial charge in [-0.05, 0) is 181 Å². The molecule has 2 aliphatic rings. The molecular weight excluding hydrogens is 1170 g/mol. The Kier molecular flexibility index (Phi) is 14.5. The number of hydrogen-bond acceptors (Lipinski definition) is 2. The molecule has 2 nitrogen and oxygen atoms in total. The van der Waals surface area contributed by atoms with E-state index in [0.29, 0.717) is 0 Å². The van der Waals surface area contributed by atoms with E-state index < -0.39 is 0 Å². The standard InChI is InChI=1S/C94H73BN2/c1-93(2,3)72-58-77(63-33-16-8-17-34-63)91(78(59-72)64-35-18-9-19-36-64)96-84-47-30-48-85-90(84)95(82-53-50-70(56-86(82)96)62-31-14-7-15-32-62)83-54-51-71(57-87(83)97(85)92-79(65-37-20-10-21-38-65)60-73(94(4,5)6)61-80(92)66-39-22-11-23-40-66)69-49-52-76-81(55-69)89(68-43-26-13-27-44-68)75-46-29-28-45-74(75)88(76)67-41-24-12-25-42-67/h7-61H,1-6H3. The third-order valence-corrected chi connectivity index (χ3v) is 20.3. The van der Waals surface area contributed by atoms with E-state index in [1.807, 2.05) is 0 Å². The summed E-state index contributed by atoms with van der Waals surface area (Å²) in [6.45, 7) is 13.9. The normalized spacial score (nSPS) is 12.6. The predicted molar refractivity (Wildman–Crippen MR) is 416 cm³/mol. The van der Waals surface area contributed by atoms with E-state index in [-0.39, 0.29) is 17.5 Å². The number of rotatable bonds is 10. The van der Waals surface area contributed by atoms with E-state index in [1.54, 1.807) is 0 Å². The Balaban J connectivity index is 1.00. The molecule has 2 aliphatic heterocycles. The Morgan fingerprint density at radius 2 is 0.526 bits per heavy atom. The van der Waals surface area contributed by atoms with Gasteiger partial charge in [-0.2, -0.15) is 0 Å². The van der Waals surface area contributed by atoms with Crippen LogP contribution in [0.15, 0.2) is 334 Å². The van der Waals surface area contributed by atoms with Crippen LogP contribution in [0.3, 0.4) is 0 Å². The lowest BCUT2D eigenvalue weighted by molar-refractivity contribution is 0.590. The van der Waals surface area contributed by atoms with Crippen LogP contribution < -0.4 is 26.2 Å². The maximum absolute atomic E-state index is 2.68. The number of benzene rings is 15. The lowest BCUT2D eigenvalue weighted by atomic mass is 9.33. The maximum atomic E-state index is 2.68. The topological polar surface area (TPSA) is 6.48 Å². The second-order valence-electron chi connectivity index (χ2n) is 28.3. The van der Waals surface area contributed by atoms with Crippen LogP contribution in [-0.4, -0.2) is 6.71 Å². The molecule has 15 aromatic rings. The molecule has 0 atom stereocenters. The summed E-state index contributed by atoms with van der Waals surface area (Å²) in [7, 11) is 0. The monoisotopic (exact) mass is 1240 g/mol. The summed E-state index contributed by atoms with van der Waals surface area (Å²) < 4.78 is 0. The van der Waals surface area contributed by atoms with Crippen molar-refractivity contribution in [1.29, 1.82) is 0 Å². The van der Waals surface area contributed by atoms with Crippen molar-refractivity contribution >= 4 is 78.8 Å². The predicted octanol–water partition coefficient (Wildman–Crippen LogP) is 24.0. The van der Waals surface area contributed by atoms with Gasteiger partial charge in [-0.25, -0.2) is 0 Å². The highest BCUT2D eigenvalue weighted by molar-refractivity contribution is 7.00. The van der Waals surface area contributed by atoms with E-state index >= 15 is 0 Å². The van der Waals surface area contributed by atoms with Crippen molar-refractivity contribution in [2.75, 3.05) is 9.80 Å². The fraction of sp³-hybridized carbons (Fsp3) is 0.0851. The maximum Gasteiger partial charge on any atom is 0.252 e. The fourth-order valence-corrected chi connectivity index (χ4v) is 15.6. The van der Waals surface area contributed by atoms with Crippen molar-refractivity contribution in [2.24, 2.45) is 0 Å². The molecule has 0 unspecified atom stereocenters. The summed E-state index contributed by atoms with van der Waals surface area (Å²) >= 11 is 0. The van der Waals surface area contributed by atoms with Gasteiger partial charge in [0.1, 0.15) is 0 Å². The molecule has 0 fully saturated rings. The van der Waals surface area contributed by atoms with Crippen LogP contribution in [0, 0.1) is 0 Å². The highest BCUT2D eigenvalue weighted by Gasteiger charge is 2.45. The molecule has 15 aromatic carbocycles. The molecular formula is C94H73BN2. The molecule has 0 amide bonds. The zero-order chi connectivity index (χ0) is 65.5. The molecule has 3 heteroatoms. The van der Waals surface area contributed by atoms with E-state index in [4.69, 9.17) is 0 Å². The Morgan fingerprint density at radius 3 is 0.897 bits per heavy atom. The lowest BCUT2D eigenvalue weighted by Gasteiger charge is -2.46. The third kappa shape index (κ3) is 10.3. The first-order valence-corrected chi connectivity index (χ1v) is 34.2. The first-order valence-electron chi connectivity index (χ1n) is 34.2. The zero-order valence-corrected chi connectivity index (χ0v) is 55.7. The van der Waals surface area contributed by atoms with Crippen LogP contribution in [0.4, 0.5) is 34.1 Å². The smallest absolute Gasteiger partial charge is 0.252 e. The van der Waals surface area contributed by atoms with Gasteiger partial charge in [-0.3, -0.25) is 0 Å². The van der Waals surface area contributed by atoms with Gasteiger partial charge in [0, 0.05) is 45.0 Å². The molecule has 0 radical (unpaired) electrons. The largest absolute Gasteiger partial charge is 0.310 e. The first-order chi connectivity index (χ1) is 47.4. The summed E-state index contributed by atoms with van der Waals surface area (Å²) in [5.41, 5.74) is 31.8. The van der Waals surface area contributed by atoms with Gasteiger partial charge in [-0.1, -0.05) is 321 Å². The van der Waals surface area contributed by atoms with Gasteiger partial charge >= 0.3 is 0 Å². The molecule has 0 saturated heterocycles. The Morgan fingerprint density at radius 1 is 0.227 bits per heavy atom. The number of nitrogens with zero attached hydrogens (tertiary/aromatic N) is 2.